The summed E-state index contributed by atoms with van der Waals surface area (Å²) in [5.74, 6) is -0.833. The van der Waals surface area contributed by atoms with Crippen molar-refractivity contribution in [3.8, 4) is 11.8 Å². The third-order valence-corrected chi connectivity index (χ3v) is 5.44. The fraction of sp³-hybridized carbons (Fsp3) is 0.455. The van der Waals surface area contributed by atoms with Crippen LogP contribution in [0.2, 0.25) is 0 Å². The molecule has 1 aromatic carbocycles. The van der Waals surface area contributed by atoms with Crippen molar-refractivity contribution >= 4 is 11.9 Å². The third-order valence-electron chi connectivity index (χ3n) is 5.44. The highest BCUT2D eigenvalue weighted by Crippen LogP contribution is 2.26. The molecule has 2 heterocycles. The van der Waals surface area contributed by atoms with Gasteiger partial charge in [0.25, 0.3) is 0 Å². The fourth-order valence-corrected chi connectivity index (χ4v) is 3.63. The Morgan fingerprint density at radius 1 is 1.41 bits per heavy atom. The Balaban J connectivity index is 1.64. The molecule has 34 heavy (non-hydrogen) atoms. The van der Waals surface area contributed by atoms with E-state index in [1.807, 2.05) is 0 Å². The normalized spacial score (nSPS) is 13.9. The summed E-state index contributed by atoms with van der Waals surface area (Å²) in [7, 11) is 1.42. The summed E-state index contributed by atoms with van der Waals surface area (Å²) in [6, 6.07) is 6.12. The summed E-state index contributed by atoms with van der Waals surface area (Å²) in [5.41, 5.74) is 8.05. The van der Waals surface area contributed by atoms with E-state index in [2.05, 4.69) is 16.4 Å². The fourth-order valence-electron chi connectivity index (χ4n) is 3.63. The second-order valence-electron chi connectivity index (χ2n) is 8.13. The van der Waals surface area contributed by atoms with Gasteiger partial charge in [0.2, 0.25) is 0 Å². The van der Waals surface area contributed by atoms with Gasteiger partial charge in [0, 0.05) is 31.3 Å². The molecule has 3 rings (SSSR count). The number of carbonyl (C=O) groups is 1. The Labute approximate surface area is 196 Å². The molecule has 2 N–H and O–H groups in total. The van der Waals surface area contributed by atoms with Crippen molar-refractivity contribution in [2.24, 2.45) is 5.22 Å². The van der Waals surface area contributed by atoms with Crippen molar-refractivity contribution in [1.82, 2.24) is 19.7 Å². The van der Waals surface area contributed by atoms with E-state index < -0.39 is 5.82 Å². The lowest BCUT2D eigenvalue weighted by Gasteiger charge is -2.32. The molecule has 1 fully saturated rings. The number of likely N-dealkylation sites (tertiary alicyclic amines) is 1. The van der Waals surface area contributed by atoms with Crippen LogP contribution in [0.4, 0.5) is 9.18 Å². The number of benzene rings is 1. The van der Waals surface area contributed by atoms with E-state index in [1.54, 1.807) is 23.4 Å². The zero-order valence-corrected chi connectivity index (χ0v) is 19.3. The molecule has 0 aliphatic carbocycles. The summed E-state index contributed by atoms with van der Waals surface area (Å²) < 4.78 is 27.0. The van der Waals surface area contributed by atoms with Crippen molar-refractivity contribution in [1.29, 1.82) is 16.2 Å². The average Bonchev–Trinajstić information content (AvgIpc) is 3.24. The van der Waals surface area contributed by atoms with Crippen molar-refractivity contribution in [2.75, 3.05) is 20.1 Å². The van der Waals surface area contributed by atoms with Gasteiger partial charge in [-0.1, -0.05) is 5.22 Å². The SMILES string of the molecule is CC(C)OC(=O)N1CCC(n2ncc(COc3ccc(C(=N)N(C)N=N)cc3F)c2C#N)CC1. The summed E-state index contributed by atoms with van der Waals surface area (Å²) in [6.07, 6.45) is 2.27. The van der Waals surface area contributed by atoms with Gasteiger partial charge >= 0.3 is 6.09 Å². The second-order valence-corrected chi connectivity index (χ2v) is 8.13. The zero-order valence-electron chi connectivity index (χ0n) is 19.3. The average molecular weight is 471 g/mol. The first-order chi connectivity index (χ1) is 16.2. The minimum atomic E-state index is -0.674. The Kier molecular flexibility index (Phi) is 7.78. The quantitative estimate of drug-likeness (QED) is 0.272. The van der Waals surface area contributed by atoms with Crippen LogP contribution in [0, 0.1) is 28.1 Å². The molecule has 1 amide bonds. The van der Waals surface area contributed by atoms with E-state index in [4.69, 9.17) is 20.4 Å². The van der Waals surface area contributed by atoms with E-state index >= 15 is 0 Å². The van der Waals surface area contributed by atoms with Crippen LogP contribution in [-0.2, 0) is 11.3 Å². The van der Waals surface area contributed by atoms with Gasteiger partial charge in [-0.2, -0.15) is 15.9 Å². The predicted octanol–water partition coefficient (Wildman–Crippen LogP) is 3.86. The maximum Gasteiger partial charge on any atom is 0.410 e. The van der Waals surface area contributed by atoms with Crippen LogP contribution >= 0.6 is 0 Å². The van der Waals surface area contributed by atoms with Crippen molar-refractivity contribution in [3.63, 3.8) is 0 Å². The van der Waals surface area contributed by atoms with Gasteiger partial charge in [0.15, 0.2) is 11.6 Å². The lowest BCUT2D eigenvalue weighted by atomic mass is 10.1. The number of hydrogen-bond donors (Lipinski definition) is 2. The van der Waals surface area contributed by atoms with Gasteiger partial charge in [-0.05, 0) is 44.9 Å². The number of ether oxygens (including phenoxy) is 2. The largest absolute Gasteiger partial charge is 0.486 e. The minimum absolute atomic E-state index is 0.0318. The van der Waals surface area contributed by atoms with Crippen LogP contribution in [0.1, 0.15) is 49.6 Å². The summed E-state index contributed by atoms with van der Waals surface area (Å²) in [5, 5.41) is 26.1. The van der Waals surface area contributed by atoms with Crippen molar-refractivity contribution < 1.29 is 18.7 Å². The minimum Gasteiger partial charge on any atom is -0.486 e. The molecule has 1 aliphatic rings. The summed E-state index contributed by atoms with van der Waals surface area (Å²) in [4.78, 5) is 13.7. The molecule has 0 atom stereocenters. The third kappa shape index (κ3) is 5.48. The van der Waals surface area contributed by atoms with E-state index in [0.717, 1.165) is 11.1 Å². The number of nitrogens with one attached hydrogen (secondary N) is 2. The monoisotopic (exact) mass is 470 g/mol. The lowest BCUT2D eigenvalue weighted by molar-refractivity contribution is 0.0652. The van der Waals surface area contributed by atoms with Gasteiger partial charge in [-0.25, -0.2) is 14.2 Å². The number of hydrogen-bond acceptors (Lipinski definition) is 8. The number of amidine groups is 1. The second kappa shape index (κ2) is 10.7. The molecular weight excluding hydrogens is 443 g/mol. The summed E-state index contributed by atoms with van der Waals surface area (Å²) >= 11 is 0. The molecule has 1 aromatic heterocycles. The Morgan fingerprint density at radius 2 is 2.12 bits per heavy atom. The smallest absolute Gasteiger partial charge is 0.410 e. The van der Waals surface area contributed by atoms with Crippen LogP contribution in [-0.4, -0.2) is 57.9 Å². The number of nitrogens with zero attached hydrogens (tertiary/aromatic N) is 6. The first-order valence-electron chi connectivity index (χ1n) is 10.8. The molecule has 12 heteroatoms. The number of aromatic nitrogens is 2. The van der Waals surface area contributed by atoms with Crippen LogP contribution in [0.3, 0.4) is 0 Å². The van der Waals surface area contributed by atoms with Crippen LogP contribution in [0.15, 0.2) is 29.6 Å². The highest BCUT2D eigenvalue weighted by molar-refractivity contribution is 5.96. The van der Waals surface area contributed by atoms with Crippen molar-refractivity contribution in [2.45, 2.75) is 45.4 Å². The molecule has 0 saturated carbocycles. The molecule has 180 valence electrons. The van der Waals surface area contributed by atoms with E-state index in [0.29, 0.717) is 37.2 Å². The number of carbonyl (C=O) groups excluding carboxylic acids is 1. The maximum absolute atomic E-state index is 14.5. The number of piperidine rings is 1. The number of rotatable bonds is 7. The molecule has 11 nitrogen and oxygen atoms in total. The highest BCUT2D eigenvalue weighted by atomic mass is 19.1. The predicted molar refractivity (Wildman–Crippen MR) is 119 cm³/mol. The maximum atomic E-state index is 14.5. The molecule has 0 unspecified atom stereocenters. The lowest BCUT2D eigenvalue weighted by Crippen LogP contribution is -2.40. The van der Waals surface area contributed by atoms with Gasteiger partial charge in [0.05, 0.1) is 18.3 Å². The molecule has 1 aliphatic heterocycles. The van der Waals surface area contributed by atoms with Gasteiger partial charge in [-0.3, -0.25) is 10.1 Å². The number of halogens is 1. The van der Waals surface area contributed by atoms with E-state index in [1.165, 1.54) is 25.4 Å². The summed E-state index contributed by atoms with van der Waals surface area (Å²) in [6.45, 7) is 4.55. The van der Waals surface area contributed by atoms with E-state index in [9.17, 15) is 14.4 Å². The molecule has 1 saturated heterocycles. The molecule has 0 spiro atoms. The molecule has 0 bridgehead atoms. The standard InChI is InChI=1S/C22H27FN8O3/c1-14(2)34-22(32)30-8-6-17(7-9-30)31-19(11-24)16(12-27-31)13-33-20-5-4-15(10-18(20)23)21(25)29(3)28-26/h4-5,10,12,14,17,25-26H,6-9,13H2,1-3H3. The van der Waals surface area contributed by atoms with Crippen LogP contribution in [0.25, 0.3) is 0 Å². The van der Waals surface area contributed by atoms with Crippen LogP contribution < -0.4 is 4.74 Å². The first kappa shape index (κ1) is 24.6. The number of amides is 1. The topological polar surface area (TPSA) is 144 Å². The van der Waals surface area contributed by atoms with Gasteiger partial charge in [0.1, 0.15) is 24.2 Å². The molecular formula is C22H27FN8O3. The highest BCUT2D eigenvalue weighted by Gasteiger charge is 2.28. The molecule has 0 radical (unpaired) electrons. The van der Waals surface area contributed by atoms with Crippen LogP contribution in [0.5, 0.6) is 5.75 Å². The Morgan fingerprint density at radius 3 is 2.71 bits per heavy atom. The first-order valence-corrected chi connectivity index (χ1v) is 10.8. The zero-order chi connectivity index (χ0) is 24.8. The van der Waals surface area contributed by atoms with E-state index in [-0.39, 0.29) is 42.0 Å². The van der Waals surface area contributed by atoms with Crippen molar-refractivity contribution in [3.05, 3.63) is 47.0 Å². The molecule has 2 aromatic rings. The number of nitriles is 1. The Hall–Kier alpha value is -4.01. The van der Waals surface area contributed by atoms with Gasteiger partial charge < -0.3 is 14.4 Å². The van der Waals surface area contributed by atoms with Gasteiger partial charge in [-0.15, -0.1) is 0 Å². The Bertz CT molecular complexity index is 1100.